The molecule has 0 spiro atoms. The van der Waals surface area contributed by atoms with Crippen LogP contribution in [-0.2, 0) is 0 Å². The number of benzene rings is 1. The molecule has 2 rings (SSSR count). The van der Waals surface area contributed by atoms with Crippen molar-refractivity contribution in [3.8, 4) is 10.4 Å². The van der Waals surface area contributed by atoms with Crippen LogP contribution in [0.25, 0.3) is 10.4 Å². The van der Waals surface area contributed by atoms with Crippen LogP contribution in [0.1, 0.15) is 5.01 Å². The number of hydrogen-bond acceptors (Lipinski definition) is 2. The average Bonchev–Trinajstić information content (AvgIpc) is 2.57. The first-order valence-electron chi connectivity index (χ1n) is 4.04. The number of nitrogens with zero attached hydrogens (tertiary/aromatic N) is 1. The summed E-state index contributed by atoms with van der Waals surface area (Å²) in [6, 6.07) is 4.98. The monoisotopic (exact) mass is 271 g/mol. The first-order chi connectivity index (χ1) is 6.66. The zero-order valence-corrected chi connectivity index (χ0v) is 9.82. The minimum Gasteiger partial charge on any atom is -0.249 e. The summed E-state index contributed by atoms with van der Waals surface area (Å²) in [6.45, 7) is 1.95. The molecular formula is C10H7BrFNS. The molecule has 1 aromatic heterocycles. The molecule has 2 aromatic rings. The van der Waals surface area contributed by atoms with Crippen molar-refractivity contribution in [2.75, 3.05) is 0 Å². The summed E-state index contributed by atoms with van der Waals surface area (Å²) >= 11 is 4.76. The molecule has 0 aliphatic heterocycles. The number of aromatic nitrogens is 1. The van der Waals surface area contributed by atoms with Crippen molar-refractivity contribution in [3.63, 3.8) is 0 Å². The van der Waals surface area contributed by atoms with Crippen molar-refractivity contribution in [1.82, 2.24) is 4.98 Å². The molecule has 1 heterocycles. The average molecular weight is 272 g/mol. The molecular weight excluding hydrogens is 265 g/mol. The lowest BCUT2D eigenvalue weighted by molar-refractivity contribution is 0.621. The van der Waals surface area contributed by atoms with E-state index in [0.29, 0.717) is 4.47 Å². The Balaban J connectivity index is 2.47. The van der Waals surface area contributed by atoms with Gasteiger partial charge in [0, 0.05) is 6.20 Å². The van der Waals surface area contributed by atoms with Gasteiger partial charge < -0.3 is 0 Å². The molecule has 4 heteroatoms. The molecule has 14 heavy (non-hydrogen) atoms. The summed E-state index contributed by atoms with van der Waals surface area (Å²) in [5.41, 5.74) is 0.990. The van der Waals surface area contributed by atoms with Gasteiger partial charge in [0.1, 0.15) is 5.82 Å². The van der Waals surface area contributed by atoms with Crippen LogP contribution in [0.3, 0.4) is 0 Å². The van der Waals surface area contributed by atoms with Gasteiger partial charge in [-0.1, -0.05) is 6.07 Å². The molecule has 0 saturated heterocycles. The zero-order chi connectivity index (χ0) is 10.1. The van der Waals surface area contributed by atoms with Gasteiger partial charge in [0.05, 0.1) is 14.4 Å². The maximum absolute atomic E-state index is 13.0. The second-order valence-electron chi connectivity index (χ2n) is 2.87. The van der Waals surface area contributed by atoms with Crippen LogP contribution >= 0.6 is 27.3 Å². The minimum absolute atomic E-state index is 0.241. The summed E-state index contributed by atoms with van der Waals surface area (Å²) < 4.78 is 13.4. The van der Waals surface area contributed by atoms with E-state index in [9.17, 15) is 4.39 Å². The third-order valence-corrected chi connectivity index (χ3v) is 3.39. The molecule has 0 N–H and O–H groups in total. The first-order valence-corrected chi connectivity index (χ1v) is 5.65. The summed E-state index contributed by atoms with van der Waals surface area (Å²) in [5, 5.41) is 1.01. The summed E-state index contributed by atoms with van der Waals surface area (Å²) in [5.74, 6) is -0.241. The summed E-state index contributed by atoms with van der Waals surface area (Å²) in [7, 11) is 0. The normalized spacial score (nSPS) is 10.5. The van der Waals surface area contributed by atoms with Gasteiger partial charge >= 0.3 is 0 Å². The highest BCUT2D eigenvalue weighted by atomic mass is 79.9. The van der Waals surface area contributed by atoms with Crippen molar-refractivity contribution in [2.24, 2.45) is 0 Å². The Morgan fingerprint density at radius 3 is 2.79 bits per heavy atom. The minimum atomic E-state index is -0.241. The maximum Gasteiger partial charge on any atom is 0.137 e. The Labute approximate surface area is 93.7 Å². The van der Waals surface area contributed by atoms with E-state index in [2.05, 4.69) is 20.9 Å². The van der Waals surface area contributed by atoms with Crippen LogP contribution in [-0.4, -0.2) is 4.98 Å². The van der Waals surface area contributed by atoms with Crippen molar-refractivity contribution < 1.29 is 4.39 Å². The van der Waals surface area contributed by atoms with Gasteiger partial charge in [-0.05, 0) is 40.5 Å². The molecule has 0 amide bonds. The lowest BCUT2D eigenvalue weighted by atomic mass is 10.2. The molecule has 0 fully saturated rings. The number of thiazole rings is 1. The predicted octanol–water partition coefficient (Wildman–Crippen LogP) is 4.02. The van der Waals surface area contributed by atoms with Crippen molar-refractivity contribution in [3.05, 3.63) is 39.7 Å². The van der Waals surface area contributed by atoms with Crippen LogP contribution < -0.4 is 0 Å². The third kappa shape index (κ3) is 1.86. The van der Waals surface area contributed by atoms with Gasteiger partial charge in [0.15, 0.2) is 0 Å². The van der Waals surface area contributed by atoms with Crippen molar-refractivity contribution in [1.29, 1.82) is 0 Å². The number of halogens is 2. The fourth-order valence-electron chi connectivity index (χ4n) is 1.14. The molecule has 0 aliphatic rings. The number of aryl methyl sites for hydroxylation is 1. The number of hydrogen-bond donors (Lipinski definition) is 0. The molecule has 0 unspecified atom stereocenters. The smallest absolute Gasteiger partial charge is 0.137 e. The SMILES string of the molecule is Cc1ncc(-c2ccc(F)c(Br)c2)s1. The maximum atomic E-state index is 13.0. The zero-order valence-electron chi connectivity index (χ0n) is 7.42. The lowest BCUT2D eigenvalue weighted by Gasteiger charge is -1.98. The van der Waals surface area contributed by atoms with Gasteiger partial charge in [0.25, 0.3) is 0 Å². The molecule has 0 radical (unpaired) electrons. The van der Waals surface area contributed by atoms with Gasteiger partial charge in [-0.25, -0.2) is 9.37 Å². The topological polar surface area (TPSA) is 12.9 Å². The van der Waals surface area contributed by atoms with E-state index in [0.717, 1.165) is 15.4 Å². The van der Waals surface area contributed by atoms with Crippen molar-refractivity contribution >= 4 is 27.3 Å². The largest absolute Gasteiger partial charge is 0.249 e. The van der Waals surface area contributed by atoms with Crippen LogP contribution in [0, 0.1) is 12.7 Å². The highest BCUT2D eigenvalue weighted by Crippen LogP contribution is 2.28. The van der Waals surface area contributed by atoms with E-state index in [1.54, 1.807) is 29.7 Å². The molecule has 72 valence electrons. The van der Waals surface area contributed by atoms with E-state index < -0.39 is 0 Å². The quantitative estimate of drug-likeness (QED) is 0.764. The second-order valence-corrected chi connectivity index (χ2v) is 4.96. The Bertz CT molecular complexity index is 467. The van der Waals surface area contributed by atoms with Crippen molar-refractivity contribution in [2.45, 2.75) is 6.92 Å². The Morgan fingerprint density at radius 2 is 2.21 bits per heavy atom. The number of rotatable bonds is 1. The Kier molecular flexibility index (Phi) is 2.65. The van der Waals surface area contributed by atoms with E-state index in [4.69, 9.17) is 0 Å². The molecule has 1 aromatic carbocycles. The van der Waals surface area contributed by atoms with Gasteiger partial charge in [0.2, 0.25) is 0 Å². The highest BCUT2D eigenvalue weighted by molar-refractivity contribution is 9.10. The molecule has 1 nitrogen and oxygen atoms in total. The second kappa shape index (κ2) is 3.79. The van der Waals surface area contributed by atoms with Crippen LogP contribution in [0.2, 0.25) is 0 Å². The standard InChI is InChI=1S/C10H7BrFNS/c1-6-13-5-10(14-6)7-2-3-9(12)8(11)4-7/h2-5H,1H3. The highest BCUT2D eigenvalue weighted by Gasteiger charge is 2.04. The van der Waals surface area contributed by atoms with Gasteiger partial charge in [-0.3, -0.25) is 0 Å². The molecule has 0 atom stereocenters. The molecule has 0 aliphatic carbocycles. The van der Waals surface area contributed by atoms with Crippen LogP contribution in [0.4, 0.5) is 4.39 Å². The Hall–Kier alpha value is -0.740. The van der Waals surface area contributed by atoms with Gasteiger partial charge in [-0.2, -0.15) is 0 Å². The van der Waals surface area contributed by atoms with Crippen LogP contribution in [0.5, 0.6) is 0 Å². The fraction of sp³-hybridized carbons (Fsp3) is 0.100. The fourth-order valence-corrected chi connectivity index (χ4v) is 2.30. The lowest BCUT2D eigenvalue weighted by Crippen LogP contribution is -1.78. The first kappa shape index (κ1) is 9.80. The summed E-state index contributed by atoms with van der Waals surface area (Å²) in [6.07, 6.45) is 1.81. The molecule has 0 saturated carbocycles. The molecule has 0 bridgehead atoms. The summed E-state index contributed by atoms with van der Waals surface area (Å²) in [4.78, 5) is 5.21. The van der Waals surface area contributed by atoms with E-state index in [1.165, 1.54) is 6.07 Å². The Morgan fingerprint density at radius 1 is 1.43 bits per heavy atom. The third-order valence-electron chi connectivity index (χ3n) is 1.83. The predicted molar refractivity (Wildman–Crippen MR) is 59.9 cm³/mol. The van der Waals surface area contributed by atoms with Gasteiger partial charge in [-0.15, -0.1) is 11.3 Å². The van der Waals surface area contributed by atoms with E-state index in [-0.39, 0.29) is 5.82 Å². The van der Waals surface area contributed by atoms with Crippen LogP contribution in [0.15, 0.2) is 28.9 Å². The van der Waals surface area contributed by atoms with E-state index in [1.807, 2.05) is 6.92 Å². The van der Waals surface area contributed by atoms with E-state index >= 15 is 0 Å².